The minimum absolute atomic E-state index is 0.260. The molecule has 1 aliphatic rings. The first-order valence-corrected chi connectivity index (χ1v) is 11.7. The lowest BCUT2D eigenvalue weighted by molar-refractivity contribution is -0.140. The van der Waals surface area contributed by atoms with E-state index in [9.17, 15) is 13.2 Å². The van der Waals surface area contributed by atoms with Crippen LogP contribution in [0.25, 0.3) is 33.8 Å². The Bertz CT molecular complexity index is 1560. The van der Waals surface area contributed by atoms with E-state index in [0.717, 1.165) is 34.2 Å². The SMILES string of the molecule is CN(c1ccc(-c2nc(C(F)(F)F)cn2C)cc1)c1c[nH]c2cnc(-c3ccccc3C3CC3)nc12. The van der Waals surface area contributed by atoms with E-state index < -0.39 is 11.9 Å². The summed E-state index contributed by atoms with van der Waals surface area (Å²) in [6.45, 7) is 0. The molecule has 1 N–H and O–H groups in total. The predicted molar refractivity (Wildman–Crippen MR) is 133 cm³/mol. The minimum Gasteiger partial charge on any atom is -0.357 e. The van der Waals surface area contributed by atoms with Crippen LogP contribution < -0.4 is 4.90 Å². The maximum absolute atomic E-state index is 13.1. The van der Waals surface area contributed by atoms with Gasteiger partial charge in [0.2, 0.25) is 0 Å². The molecule has 36 heavy (non-hydrogen) atoms. The molecule has 1 aliphatic carbocycles. The third kappa shape index (κ3) is 3.90. The van der Waals surface area contributed by atoms with Crippen molar-refractivity contribution in [1.82, 2.24) is 24.5 Å². The van der Waals surface area contributed by atoms with E-state index in [1.165, 1.54) is 23.0 Å². The number of aromatic nitrogens is 5. The van der Waals surface area contributed by atoms with Crippen molar-refractivity contribution in [3.8, 4) is 22.8 Å². The number of fused-ring (bicyclic) bond motifs is 1. The molecule has 1 saturated carbocycles. The molecular weight excluding hydrogens is 465 g/mol. The number of anilines is 2. The fourth-order valence-corrected chi connectivity index (χ4v) is 4.58. The Hall–Kier alpha value is -4.14. The first-order valence-electron chi connectivity index (χ1n) is 11.7. The van der Waals surface area contributed by atoms with Crippen molar-refractivity contribution in [3.05, 3.63) is 78.4 Å². The van der Waals surface area contributed by atoms with Crippen LogP contribution in [-0.4, -0.2) is 31.6 Å². The van der Waals surface area contributed by atoms with Crippen molar-refractivity contribution in [2.24, 2.45) is 7.05 Å². The van der Waals surface area contributed by atoms with Gasteiger partial charge in [-0.25, -0.2) is 15.0 Å². The monoisotopic (exact) mass is 488 g/mol. The number of H-pyrrole nitrogens is 1. The van der Waals surface area contributed by atoms with Crippen LogP contribution in [-0.2, 0) is 13.2 Å². The normalized spacial score (nSPS) is 13.9. The van der Waals surface area contributed by atoms with Crippen molar-refractivity contribution in [2.45, 2.75) is 24.9 Å². The summed E-state index contributed by atoms with van der Waals surface area (Å²) in [5.41, 5.74) is 5.43. The van der Waals surface area contributed by atoms with Gasteiger partial charge in [-0.05, 0) is 48.6 Å². The highest BCUT2D eigenvalue weighted by atomic mass is 19.4. The zero-order valence-corrected chi connectivity index (χ0v) is 19.7. The summed E-state index contributed by atoms with van der Waals surface area (Å²) in [6.07, 6.45) is 2.61. The van der Waals surface area contributed by atoms with Crippen molar-refractivity contribution in [2.75, 3.05) is 11.9 Å². The number of imidazole rings is 1. The number of hydrogen-bond acceptors (Lipinski definition) is 4. The topological polar surface area (TPSA) is 62.6 Å². The van der Waals surface area contributed by atoms with Gasteiger partial charge in [-0.15, -0.1) is 0 Å². The molecule has 6 nitrogen and oxygen atoms in total. The Morgan fingerprint density at radius 2 is 1.78 bits per heavy atom. The van der Waals surface area contributed by atoms with Gasteiger partial charge in [0.25, 0.3) is 0 Å². The van der Waals surface area contributed by atoms with Gasteiger partial charge in [0.05, 0.1) is 17.4 Å². The number of alkyl halides is 3. The Morgan fingerprint density at radius 1 is 1.03 bits per heavy atom. The average Bonchev–Trinajstić information content (AvgIpc) is 3.51. The summed E-state index contributed by atoms with van der Waals surface area (Å²) < 4.78 is 40.6. The second-order valence-electron chi connectivity index (χ2n) is 9.16. The van der Waals surface area contributed by atoms with Crippen molar-refractivity contribution < 1.29 is 13.2 Å². The zero-order valence-electron chi connectivity index (χ0n) is 19.7. The smallest absolute Gasteiger partial charge is 0.357 e. The van der Waals surface area contributed by atoms with Crippen molar-refractivity contribution in [1.29, 1.82) is 0 Å². The molecule has 0 atom stereocenters. The van der Waals surface area contributed by atoms with E-state index in [1.54, 1.807) is 25.4 Å². The second-order valence-corrected chi connectivity index (χ2v) is 9.16. The molecule has 0 saturated heterocycles. The number of nitrogens with zero attached hydrogens (tertiary/aromatic N) is 5. The molecule has 182 valence electrons. The highest BCUT2D eigenvalue weighted by molar-refractivity contribution is 5.92. The Morgan fingerprint density at radius 3 is 2.47 bits per heavy atom. The van der Waals surface area contributed by atoms with Crippen LogP contribution >= 0.6 is 0 Å². The van der Waals surface area contributed by atoms with Crippen LogP contribution in [0.1, 0.15) is 30.0 Å². The molecule has 2 aromatic carbocycles. The zero-order chi connectivity index (χ0) is 25.0. The lowest BCUT2D eigenvalue weighted by Gasteiger charge is -2.18. The van der Waals surface area contributed by atoms with Crippen LogP contribution in [0.5, 0.6) is 0 Å². The van der Waals surface area contributed by atoms with Crippen LogP contribution in [0.3, 0.4) is 0 Å². The van der Waals surface area contributed by atoms with Gasteiger partial charge < -0.3 is 14.5 Å². The fourth-order valence-electron chi connectivity index (χ4n) is 4.58. The number of aromatic amines is 1. The minimum atomic E-state index is -4.48. The lowest BCUT2D eigenvalue weighted by Crippen LogP contribution is -2.09. The van der Waals surface area contributed by atoms with Crippen molar-refractivity contribution >= 4 is 22.4 Å². The summed E-state index contributed by atoms with van der Waals surface area (Å²) in [5, 5.41) is 0. The third-order valence-corrected chi connectivity index (χ3v) is 6.66. The van der Waals surface area contributed by atoms with E-state index in [1.807, 2.05) is 36.3 Å². The highest BCUT2D eigenvalue weighted by Crippen LogP contribution is 2.44. The van der Waals surface area contributed by atoms with Crippen LogP contribution in [0.15, 0.2) is 67.1 Å². The molecule has 1 fully saturated rings. The van der Waals surface area contributed by atoms with E-state index in [2.05, 4.69) is 33.2 Å². The van der Waals surface area contributed by atoms with E-state index >= 15 is 0 Å². The molecular formula is C27H23F3N6. The Balaban J connectivity index is 1.32. The first kappa shape index (κ1) is 22.3. The average molecular weight is 489 g/mol. The molecule has 6 rings (SSSR count). The van der Waals surface area contributed by atoms with Crippen LogP contribution in [0, 0.1) is 0 Å². The van der Waals surface area contributed by atoms with Gasteiger partial charge in [0.15, 0.2) is 11.5 Å². The van der Waals surface area contributed by atoms with Gasteiger partial charge in [0, 0.05) is 43.3 Å². The van der Waals surface area contributed by atoms with E-state index in [0.29, 0.717) is 17.3 Å². The van der Waals surface area contributed by atoms with Crippen LogP contribution in [0.4, 0.5) is 24.5 Å². The molecule has 3 heterocycles. The van der Waals surface area contributed by atoms with E-state index in [-0.39, 0.29) is 5.82 Å². The fraction of sp³-hybridized carbons (Fsp3) is 0.222. The van der Waals surface area contributed by atoms with Gasteiger partial charge >= 0.3 is 6.18 Å². The number of rotatable bonds is 5. The summed E-state index contributed by atoms with van der Waals surface area (Å²) in [7, 11) is 3.49. The Kier molecular flexibility index (Phi) is 5.10. The molecule has 0 aliphatic heterocycles. The summed E-state index contributed by atoms with van der Waals surface area (Å²) in [4.78, 5) is 18.6. The van der Waals surface area contributed by atoms with Crippen LogP contribution in [0.2, 0.25) is 0 Å². The van der Waals surface area contributed by atoms with Gasteiger partial charge in [-0.3, -0.25) is 0 Å². The number of hydrogen-bond donors (Lipinski definition) is 1. The van der Waals surface area contributed by atoms with E-state index in [4.69, 9.17) is 4.98 Å². The first-order chi connectivity index (χ1) is 17.3. The molecule has 9 heteroatoms. The molecule has 0 amide bonds. The van der Waals surface area contributed by atoms with Gasteiger partial charge in [-0.1, -0.05) is 24.3 Å². The summed E-state index contributed by atoms with van der Waals surface area (Å²) in [5.74, 6) is 1.54. The quantitative estimate of drug-likeness (QED) is 0.299. The second kappa shape index (κ2) is 8.22. The summed E-state index contributed by atoms with van der Waals surface area (Å²) in [6, 6.07) is 15.6. The van der Waals surface area contributed by atoms with Gasteiger partial charge in [-0.2, -0.15) is 13.2 Å². The summed E-state index contributed by atoms with van der Waals surface area (Å²) >= 11 is 0. The standard InChI is InChI=1S/C27H23F3N6/c1-35-15-23(27(28,29)30)33-26(35)17-9-11-18(12-10-17)36(2)22-14-31-21-13-32-25(34-24(21)22)20-6-4-3-5-19(20)16-7-8-16/h3-6,9-16,31H,7-8H2,1-2H3. The van der Waals surface area contributed by atoms with Gasteiger partial charge in [0.1, 0.15) is 11.3 Å². The molecule has 0 radical (unpaired) electrons. The molecule has 0 unspecified atom stereocenters. The highest BCUT2D eigenvalue weighted by Gasteiger charge is 2.34. The number of nitrogens with one attached hydrogen (secondary N) is 1. The molecule has 5 aromatic rings. The number of benzene rings is 2. The lowest BCUT2D eigenvalue weighted by atomic mass is 10.0. The number of aryl methyl sites for hydroxylation is 1. The molecule has 0 bridgehead atoms. The maximum atomic E-state index is 13.1. The molecule has 3 aromatic heterocycles. The largest absolute Gasteiger partial charge is 0.434 e. The predicted octanol–water partition coefficient (Wildman–Crippen LogP) is 6.69. The number of halogens is 3. The Labute approximate surface area is 205 Å². The maximum Gasteiger partial charge on any atom is 0.434 e. The third-order valence-electron chi connectivity index (χ3n) is 6.66. The molecule has 0 spiro atoms. The van der Waals surface area contributed by atoms with Crippen molar-refractivity contribution in [3.63, 3.8) is 0 Å².